The van der Waals surface area contributed by atoms with E-state index in [4.69, 9.17) is 39.5 Å². The van der Waals surface area contributed by atoms with Crippen molar-refractivity contribution in [2.75, 3.05) is 26.0 Å². The van der Waals surface area contributed by atoms with Gasteiger partial charge in [-0.1, -0.05) is 46.4 Å². The highest BCUT2D eigenvalue weighted by atomic mass is 35.5. The number of aryl methyl sites for hydroxylation is 1. The summed E-state index contributed by atoms with van der Waals surface area (Å²) >= 11 is 18.1. The third-order valence-electron chi connectivity index (χ3n) is 3.66. The summed E-state index contributed by atoms with van der Waals surface area (Å²) in [6, 6.07) is 9.07. The van der Waals surface area contributed by atoms with E-state index in [1.54, 1.807) is 19.2 Å². The first-order valence-corrected chi connectivity index (χ1v) is 8.82. The van der Waals surface area contributed by atoms with E-state index in [1.807, 2.05) is 26.1 Å². The Kier molecular flexibility index (Phi) is 6.96. The number of quaternary nitrogens is 1. The van der Waals surface area contributed by atoms with Crippen molar-refractivity contribution in [2.45, 2.75) is 13.5 Å². The van der Waals surface area contributed by atoms with E-state index in [1.165, 1.54) is 0 Å². The standard InChI is InChI=1S/C18H19Cl3N2O2/c1-11-4-5-16(25-3)12(6-11)9-23(2)10-17(24)22-18-14(20)7-13(19)8-15(18)21/h4-8H,9-10H2,1-3H3,(H,22,24)/p+1. The van der Waals surface area contributed by atoms with Crippen molar-refractivity contribution in [3.05, 3.63) is 56.5 Å². The van der Waals surface area contributed by atoms with Gasteiger partial charge < -0.3 is 15.0 Å². The van der Waals surface area contributed by atoms with Crippen molar-refractivity contribution in [1.82, 2.24) is 0 Å². The third kappa shape index (κ3) is 5.51. The number of carbonyl (C=O) groups is 1. The van der Waals surface area contributed by atoms with E-state index in [0.29, 0.717) is 27.3 Å². The molecule has 0 fully saturated rings. The van der Waals surface area contributed by atoms with Crippen LogP contribution in [0.15, 0.2) is 30.3 Å². The lowest BCUT2D eigenvalue weighted by molar-refractivity contribution is -0.885. The molecule has 0 saturated heterocycles. The largest absolute Gasteiger partial charge is 0.496 e. The second kappa shape index (κ2) is 8.77. The van der Waals surface area contributed by atoms with Gasteiger partial charge in [0.1, 0.15) is 12.3 Å². The highest BCUT2D eigenvalue weighted by molar-refractivity contribution is 6.42. The molecule has 0 radical (unpaired) electrons. The smallest absolute Gasteiger partial charge is 0.279 e. The van der Waals surface area contributed by atoms with Crippen LogP contribution in [0.2, 0.25) is 15.1 Å². The van der Waals surface area contributed by atoms with Gasteiger partial charge in [-0.15, -0.1) is 0 Å². The molecule has 7 heteroatoms. The van der Waals surface area contributed by atoms with Crippen molar-refractivity contribution in [2.24, 2.45) is 0 Å². The third-order valence-corrected chi connectivity index (χ3v) is 4.48. The topological polar surface area (TPSA) is 42.8 Å². The minimum atomic E-state index is -0.185. The maximum absolute atomic E-state index is 12.3. The zero-order valence-electron chi connectivity index (χ0n) is 14.3. The van der Waals surface area contributed by atoms with Crippen molar-refractivity contribution in [3.63, 3.8) is 0 Å². The lowest BCUT2D eigenvalue weighted by Gasteiger charge is -2.17. The first kappa shape index (κ1) is 19.9. The maximum atomic E-state index is 12.3. The molecule has 2 aromatic carbocycles. The SMILES string of the molecule is COc1ccc(C)cc1C[NH+](C)CC(=O)Nc1c(Cl)cc(Cl)cc1Cl. The summed E-state index contributed by atoms with van der Waals surface area (Å²) in [6.07, 6.45) is 0. The Hall–Kier alpha value is -1.46. The normalized spacial score (nSPS) is 11.9. The molecule has 0 aliphatic rings. The quantitative estimate of drug-likeness (QED) is 0.775. The van der Waals surface area contributed by atoms with E-state index >= 15 is 0 Å². The van der Waals surface area contributed by atoms with Crippen molar-refractivity contribution >= 4 is 46.4 Å². The minimum Gasteiger partial charge on any atom is -0.496 e. The Labute approximate surface area is 162 Å². The molecule has 0 bridgehead atoms. The zero-order chi connectivity index (χ0) is 18.6. The number of likely N-dealkylation sites (N-methyl/N-ethyl adjacent to an activating group) is 1. The Morgan fingerprint density at radius 2 is 1.80 bits per heavy atom. The van der Waals surface area contributed by atoms with Crippen LogP contribution in [0, 0.1) is 6.92 Å². The molecule has 2 rings (SSSR count). The van der Waals surface area contributed by atoms with E-state index in [2.05, 4.69) is 11.4 Å². The average Bonchev–Trinajstić information content (AvgIpc) is 2.51. The lowest BCUT2D eigenvalue weighted by Crippen LogP contribution is -3.08. The second-order valence-corrected chi connectivity index (χ2v) is 7.17. The molecule has 0 aliphatic carbocycles. The number of carbonyl (C=O) groups excluding carboxylic acids is 1. The van der Waals surface area contributed by atoms with Crippen LogP contribution in [-0.4, -0.2) is 26.6 Å². The molecular formula is C18H20Cl3N2O2+. The van der Waals surface area contributed by atoms with Gasteiger partial charge in [-0.2, -0.15) is 0 Å². The molecule has 0 saturated carbocycles. The number of hydrogen-bond acceptors (Lipinski definition) is 2. The predicted octanol–water partition coefficient (Wildman–Crippen LogP) is 3.62. The van der Waals surface area contributed by atoms with Crippen LogP contribution in [-0.2, 0) is 11.3 Å². The van der Waals surface area contributed by atoms with Crippen LogP contribution in [0.3, 0.4) is 0 Å². The fourth-order valence-electron chi connectivity index (χ4n) is 2.55. The zero-order valence-corrected chi connectivity index (χ0v) is 16.5. The van der Waals surface area contributed by atoms with Crippen LogP contribution >= 0.6 is 34.8 Å². The maximum Gasteiger partial charge on any atom is 0.279 e. The summed E-state index contributed by atoms with van der Waals surface area (Å²) < 4.78 is 5.38. The molecule has 1 amide bonds. The van der Waals surface area contributed by atoms with Gasteiger partial charge in [0, 0.05) is 10.6 Å². The summed E-state index contributed by atoms with van der Waals surface area (Å²) in [7, 11) is 3.58. The van der Waals surface area contributed by atoms with E-state index in [0.717, 1.165) is 21.8 Å². The number of hydrogen-bond donors (Lipinski definition) is 2. The molecular weight excluding hydrogens is 383 g/mol. The van der Waals surface area contributed by atoms with Gasteiger partial charge in [0.2, 0.25) is 0 Å². The van der Waals surface area contributed by atoms with Gasteiger partial charge in [0.15, 0.2) is 6.54 Å². The first-order chi connectivity index (χ1) is 11.8. The average molecular weight is 403 g/mol. The Morgan fingerprint density at radius 3 is 2.40 bits per heavy atom. The molecule has 0 heterocycles. The van der Waals surface area contributed by atoms with Gasteiger partial charge in [-0.25, -0.2) is 0 Å². The molecule has 0 aliphatic heterocycles. The fourth-order valence-corrected chi connectivity index (χ4v) is 3.46. The van der Waals surface area contributed by atoms with Gasteiger partial charge in [-0.05, 0) is 31.2 Å². The molecule has 2 N–H and O–H groups in total. The number of rotatable bonds is 6. The summed E-state index contributed by atoms with van der Waals surface area (Å²) in [5.41, 5.74) is 2.57. The summed E-state index contributed by atoms with van der Waals surface area (Å²) in [5, 5.41) is 3.79. The van der Waals surface area contributed by atoms with Crippen LogP contribution in [0.5, 0.6) is 5.75 Å². The van der Waals surface area contributed by atoms with Crippen molar-refractivity contribution < 1.29 is 14.4 Å². The van der Waals surface area contributed by atoms with Crippen LogP contribution in [0.1, 0.15) is 11.1 Å². The van der Waals surface area contributed by atoms with Gasteiger partial charge in [-0.3, -0.25) is 4.79 Å². The van der Waals surface area contributed by atoms with Gasteiger partial charge in [0.05, 0.1) is 29.9 Å². The van der Waals surface area contributed by atoms with Crippen LogP contribution < -0.4 is 15.0 Å². The molecule has 134 valence electrons. The summed E-state index contributed by atoms with van der Waals surface area (Å²) in [5.74, 6) is 0.629. The fraction of sp³-hybridized carbons (Fsp3) is 0.278. The number of amides is 1. The molecule has 4 nitrogen and oxygen atoms in total. The molecule has 0 spiro atoms. The number of halogens is 3. The van der Waals surface area contributed by atoms with Crippen LogP contribution in [0.4, 0.5) is 5.69 Å². The second-order valence-electron chi connectivity index (χ2n) is 5.92. The minimum absolute atomic E-state index is 0.185. The van der Waals surface area contributed by atoms with Crippen molar-refractivity contribution in [3.8, 4) is 5.75 Å². The highest BCUT2D eigenvalue weighted by Crippen LogP contribution is 2.33. The van der Waals surface area contributed by atoms with Gasteiger partial charge >= 0.3 is 0 Å². The number of benzene rings is 2. The first-order valence-electron chi connectivity index (χ1n) is 7.69. The predicted molar refractivity (Wildman–Crippen MR) is 103 cm³/mol. The van der Waals surface area contributed by atoms with Gasteiger partial charge in [0.25, 0.3) is 5.91 Å². The number of anilines is 1. The molecule has 0 aromatic heterocycles. The Balaban J connectivity index is 2.03. The number of nitrogens with one attached hydrogen (secondary N) is 2. The van der Waals surface area contributed by atoms with E-state index in [9.17, 15) is 4.79 Å². The molecule has 1 unspecified atom stereocenters. The van der Waals surface area contributed by atoms with E-state index in [-0.39, 0.29) is 12.5 Å². The summed E-state index contributed by atoms with van der Waals surface area (Å²) in [6.45, 7) is 2.93. The van der Waals surface area contributed by atoms with Crippen molar-refractivity contribution in [1.29, 1.82) is 0 Å². The molecule has 25 heavy (non-hydrogen) atoms. The summed E-state index contributed by atoms with van der Waals surface area (Å²) in [4.78, 5) is 13.3. The number of methoxy groups -OCH3 is 1. The monoisotopic (exact) mass is 401 g/mol. The van der Waals surface area contributed by atoms with Crippen LogP contribution in [0.25, 0.3) is 0 Å². The molecule has 2 aromatic rings. The highest BCUT2D eigenvalue weighted by Gasteiger charge is 2.16. The molecule has 1 atom stereocenters. The number of ether oxygens (including phenoxy) is 1. The van der Waals surface area contributed by atoms with E-state index < -0.39 is 0 Å². The Morgan fingerprint density at radius 1 is 1.16 bits per heavy atom. The lowest BCUT2D eigenvalue weighted by atomic mass is 10.1. The Bertz CT molecular complexity index is 758.